The number of fused-ring (bicyclic) bond motifs is 2. The standard InChI is InChI=1S/C28H30N4O3S3/c1-18-6-5-14-32(16-18)38(34,35)20-11-9-19(10-12-20)26(33)30-28-25(21-13-15-31(2)17-24(21)37-28)27-29-22-7-3-4-8-23(22)36-27/h3-4,7-12,18H,5-6,13-17H2,1-2H3,(H,30,33)/t18-/m1/s1. The number of sulfonamides is 1. The maximum Gasteiger partial charge on any atom is 0.256 e. The summed E-state index contributed by atoms with van der Waals surface area (Å²) in [6, 6.07) is 14.4. The maximum atomic E-state index is 13.4. The molecular weight excluding hydrogens is 537 g/mol. The SMILES string of the molecule is C[C@@H]1CCCN(S(=O)(=O)c2ccc(C(=O)Nc3sc4c(c3-c3nc5ccccc5s3)CCN(C)C4)cc2)C1. The summed E-state index contributed by atoms with van der Waals surface area (Å²) in [5.74, 6) is 0.0967. The van der Waals surface area contributed by atoms with Crippen LogP contribution in [-0.4, -0.2) is 55.2 Å². The number of thiophene rings is 1. The molecular formula is C28H30N4O3S3. The topological polar surface area (TPSA) is 82.6 Å². The third kappa shape index (κ3) is 4.80. The van der Waals surface area contributed by atoms with Gasteiger partial charge < -0.3 is 10.2 Å². The van der Waals surface area contributed by atoms with Gasteiger partial charge in [0.05, 0.1) is 15.1 Å². The first kappa shape index (κ1) is 25.6. The number of hydrogen-bond acceptors (Lipinski definition) is 7. The Bertz CT molecular complexity index is 1580. The van der Waals surface area contributed by atoms with Gasteiger partial charge in [-0.15, -0.1) is 22.7 Å². The summed E-state index contributed by atoms with van der Waals surface area (Å²) < 4.78 is 29.0. The normalized spacial score (nSPS) is 18.9. The first-order chi connectivity index (χ1) is 18.3. The number of nitrogens with zero attached hydrogens (tertiary/aromatic N) is 3. The molecule has 2 aliphatic heterocycles. The molecule has 2 aromatic carbocycles. The lowest BCUT2D eigenvalue weighted by atomic mass is 10.0. The summed E-state index contributed by atoms with van der Waals surface area (Å²) in [5.41, 5.74) is 3.66. The molecule has 0 bridgehead atoms. The second-order valence-corrected chi connectivity index (χ2v) is 14.3. The van der Waals surface area contributed by atoms with Crippen molar-refractivity contribution in [3.05, 3.63) is 64.5 Å². The number of hydrogen-bond donors (Lipinski definition) is 1. The molecule has 38 heavy (non-hydrogen) atoms. The van der Waals surface area contributed by atoms with Crippen molar-refractivity contribution < 1.29 is 13.2 Å². The van der Waals surface area contributed by atoms with Gasteiger partial charge in [-0.1, -0.05) is 19.1 Å². The summed E-state index contributed by atoms with van der Waals surface area (Å²) in [4.78, 5) is 22.0. The van der Waals surface area contributed by atoms with Crippen molar-refractivity contribution in [2.75, 3.05) is 32.0 Å². The van der Waals surface area contributed by atoms with Gasteiger partial charge in [-0.25, -0.2) is 13.4 Å². The molecule has 1 atom stereocenters. The van der Waals surface area contributed by atoms with E-state index in [4.69, 9.17) is 4.98 Å². The van der Waals surface area contributed by atoms with Crippen LogP contribution in [0, 0.1) is 5.92 Å². The minimum Gasteiger partial charge on any atom is -0.313 e. The highest BCUT2D eigenvalue weighted by Crippen LogP contribution is 2.45. The van der Waals surface area contributed by atoms with E-state index < -0.39 is 10.0 Å². The van der Waals surface area contributed by atoms with Crippen LogP contribution >= 0.6 is 22.7 Å². The Kier molecular flexibility index (Phi) is 6.86. The average Bonchev–Trinajstić information content (AvgIpc) is 3.49. The summed E-state index contributed by atoms with van der Waals surface area (Å²) >= 11 is 3.25. The molecule has 0 unspecified atom stereocenters. The van der Waals surface area contributed by atoms with Gasteiger partial charge in [0.15, 0.2) is 0 Å². The second kappa shape index (κ2) is 10.2. The molecule has 10 heteroatoms. The minimum atomic E-state index is -3.57. The van der Waals surface area contributed by atoms with Gasteiger partial charge in [-0.3, -0.25) is 4.79 Å². The lowest BCUT2D eigenvalue weighted by Crippen LogP contribution is -2.39. The van der Waals surface area contributed by atoms with Gasteiger partial charge in [0.1, 0.15) is 10.0 Å². The van der Waals surface area contributed by atoms with Gasteiger partial charge >= 0.3 is 0 Å². The lowest BCUT2D eigenvalue weighted by Gasteiger charge is -2.30. The van der Waals surface area contributed by atoms with Gasteiger partial charge in [-0.05, 0) is 74.2 Å². The summed E-state index contributed by atoms with van der Waals surface area (Å²) in [6.07, 6.45) is 2.83. The number of rotatable bonds is 5. The molecule has 0 radical (unpaired) electrons. The highest BCUT2D eigenvalue weighted by atomic mass is 32.2. The number of piperidine rings is 1. The number of benzene rings is 2. The predicted octanol–water partition coefficient (Wildman–Crippen LogP) is 5.69. The van der Waals surface area contributed by atoms with Crippen LogP contribution in [0.25, 0.3) is 20.8 Å². The smallest absolute Gasteiger partial charge is 0.256 e. The van der Waals surface area contributed by atoms with E-state index in [-0.39, 0.29) is 10.8 Å². The lowest BCUT2D eigenvalue weighted by molar-refractivity contribution is 0.102. The largest absolute Gasteiger partial charge is 0.313 e. The molecule has 4 heterocycles. The number of likely N-dealkylation sites (N-methyl/N-ethyl adjacent to an activating group) is 1. The molecule has 2 aliphatic rings. The van der Waals surface area contributed by atoms with E-state index >= 15 is 0 Å². The molecule has 0 aliphatic carbocycles. The van der Waals surface area contributed by atoms with E-state index in [2.05, 4.69) is 30.3 Å². The van der Waals surface area contributed by atoms with E-state index in [0.29, 0.717) is 24.6 Å². The Morgan fingerprint density at radius 1 is 1.08 bits per heavy atom. The zero-order valence-corrected chi connectivity index (χ0v) is 23.9. The monoisotopic (exact) mass is 566 g/mol. The van der Waals surface area contributed by atoms with Crippen LogP contribution in [0.2, 0.25) is 0 Å². The molecule has 7 nitrogen and oxygen atoms in total. The summed E-state index contributed by atoms with van der Waals surface area (Å²) in [7, 11) is -1.46. The van der Waals surface area contributed by atoms with Crippen molar-refractivity contribution in [2.45, 2.75) is 37.6 Å². The number of amides is 1. The van der Waals surface area contributed by atoms with Crippen LogP contribution in [0.4, 0.5) is 5.00 Å². The average molecular weight is 567 g/mol. The highest BCUT2D eigenvalue weighted by molar-refractivity contribution is 7.89. The number of para-hydroxylation sites is 1. The van der Waals surface area contributed by atoms with Crippen LogP contribution < -0.4 is 5.32 Å². The number of carbonyl (C=O) groups is 1. The fraction of sp³-hybridized carbons (Fsp3) is 0.357. The van der Waals surface area contributed by atoms with Crippen molar-refractivity contribution in [1.29, 1.82) is 0 Å². The zero-order valence-electron chi connectivity index (χ0n) is 21.4. The van der Waals surface area contributed by atoms with Crippen molar-refractivity contribution >= 4 is 53.8 Å². The van der Waals surface area contributed by atoms with Crippen LogP contribution in [-0.2, 0) is 23.0 Å². The quantitative estimate of drug-likeness (QED) is 0.336. The molecule has 4 aromatic rings. The van der Waals surface area contributed by atoms with E-state index in [1.807, 2.05) is 18.2 Å². The van der Waals surface area contributed by atoms with E-state index in [1.54, 1.807) is 51.2 Å². The second-order valence-electron chi connectivity index (χ2n) is 10.3. The highest BCUT2D eigenvalue weighted by Gasteiger charge is 2.29. The molecule has 1 saturated heterocycles. The first-order valence-corrected chi connectivity index (χ1v) is 16.0. The molecule has 198 valence electrons. The van der Waals surface area contributed by atoms with E-state index in [1.165, 1.54) is 10.4 Å². The first-order valence-electron chi connectivity index (χ1n) is 12.9. The van der Waals surface area contributed by atoms with Crippen molar-refractivity contribution in [3.8, 4) is 10.6 Å². The van der Waals surface area contributed by atoms with Crippen molar-refractivity contribution in [1.82, 2.24) is 14.2 Å². The Morgan fingerprint density at radius 2 is 1.87 bits per heavy atom. The van der Waals surface area contributed by atoms with Crippen molar-refractivity contribution in [3.63, 3.8) is 0 Å². The molecule has 0 saturated carbocycles. The third-order valence-electron chi connectivity index (χ3n) is 7.36. The van der Waals surface area contributed by atoms with Crippen molar-refractivity contribution in [2.24, 2.45) is 5.92 Å². The van der Waals surface area contributed by atoms with Crippen LogP contribution in [0.15, 0.2) is 53.4 Å². The number of thiazole rings is 1. The number of nitrogens with one attached hydrogen (secondary N) is 1. The van der Waals surface area contributed by atoms with E-state index in [9.17, 15) is 13.2 Å². The fourth-order valence-electron chi connectivity index (χ4n) is 5.29. The Balaban J connectivity index is 1.29. The minimum absolute atomic E-state index is 0.230. The van der Waals surface area contributed by atoms with Crippen LogP contribution in [0.1, 0.15) is 40.6 Å². The Morgan fingerprint density at radius 3 is 2.63 bits per heavy atom. The predicted molar refractivity (Wildman–Crippen MR) is 155 cm³/mol. The Labute approximate surface area is 231 Å². The van der Waals surface area contributed by atoms with Gasteiger partial charge in [0, 0.05) is 42.2 Å². The maximum absolute atomic E-state index is 13.4. The molecule has 6 rings (SSSR count). The van der Waals surface area contributed by atoms with E-state index in [0.717, 1.165) is 58.1 Å². The molecule has 1 N–H and O–H groups in total. The summed E-state index contributed by atoms with van der Waals surface area (Å²) in [5, 5.41) is 4.85. The number of anilines is 1. The molecule has 1 fully saturated rings. The van der Waals surface area contributed by atoms with Crippen LogP contribution in [0.5, 0.6) is 0 Å². The number of carbonyl (C=O) groups excluding carboxylic acids is 1. The summed E-state index contributed by atoms with van der Waals surface area (Å²) in [6.45, 7) is 4.97. The number of aromatic nitrogens is 1. The van der Waals surface area contributed by atoms with Gasteiger partial charge in [-0.2, -0.15) is 4.31 Å². The van der Waals surface area contributed by atoms with Crippen LogP contribution in [0.3, 0.4) is 0 Å². The zero-order chi connectivity index (χ0) is 26.4. The molecule has 1 amide bonds. The Hall–Kier alpha value is -2.63. The molecule has 0 spiro atoms. The third-order valence-corrected chi connectivity index (χ3v) is 11.4. The van der Waals surface area contributed by atoms with Gasteiger partial charge in [0.2, 0.25) is 10.0 Å². The fourth-order valence-corrected chi connectivity index (χ4v) is 9.32. The van der Waals surface area contributed by atoms with Gasteiger partial charge in [0.25, 0.3) is 5.91 Å². The molecule has 2 aromatic heterocycles.